The lowest BCUT2D eigenvalue weighted by Crippen LogP contribution is -2.26. The molecular weight excluding hydrogens is 314 g/mol. The summed E-state index contributed by atoms with van der Waals surface area (Å²) in [5.41, 5.74) is 4.72. The highest BCUT2D eigenvalue weighted by Crippen LogP contribution is 2.36. The summed E-state index contributed by atoms with van der Waals surface area (Å²) in [7, 11) is 0. The van der Waals surface area contributed by atoms with Gasteiger partial charge in [0.2, 0.25) is 0 Å². The Morgan fingerprint density at radius 3 is 2.92 bits per heavy atom. The van der Waals surface area contributed by atoms with Gasteiger partial charge in [-0.15, -0.1) is 0 Å². The van der Waals surface area contributed by atoms with Gasteiger partial charge in [0.05, 0.1) is 16.8 Å². The third kappa shape index (κ3) is 1.83. The molecule has 1 aliphatic heterocycles. The van der Waals surface area contributed by atoms with Crippen molar-refractivity contribution >= 4 is 27.8 Å². The molecule has 122 valence electrons. The molecule has 1 aromatic carbocycles. The predicted octanol–water partition coefficient (Wildman–Crippen LogP) is 3.45. The van der Waals surface area contributed by atoms with E-state index in [1.54, 1.807) is 35.2 Å². The number of nitrogens with one attached hydrogen (secondary N) is 1. The van der Waals surface area contributed by atoms with Crippen LogP contribution in [0.4, 0.5) is 0 Å². The first kappa shape index (κ1) is 14.0. The maximum absolute atomic E-state index is 13.0. The smallest absolute Gasteiger partial charge is 0.260 e. The largest absolute Gasteiger partial charge is 0.508 e. The second-order valence-corrected chi connectivity index (χ2v) is 6.34. The Labute approximate surface area is 142 Å². The van der Waals surface area contributed by atoms with Crippen molar-refractivity contribution in [2.45, 2.75) is 13.0 Å². The van der Waals surface area contributed by atoms with Gasteiger partial charge in [-0.25, -0.2) is 0 Å². The molecule has 0 unspecified atom stereocenters. The fourth-order valence-electron chi connectivity index (χ4n) is 3.82. The number of fused-ring (bicyclic) bond motifs is 6. The number of hydrogen-bond donors (Lipinski definition) is 2. The van der Waals surface area contributed by atoms with E-state index in [0.29, 0.717) is 11.9 Å². The van der Waals surface area contributed by atoms with Crippen molar-refractivity contribution in [3.63, 3.8) is 0 Å². The molecule has 0 saturated carbocycles. The Morgan fingerprint density at radius 1 is 1.20 bits per heavy atom. The van der Waals surface area contributed by atoms with E-state index in [1.807, 2.05) is 12.1 Å². The van der Waals surface area contributed by atoms with Crippen LogP contribution in [-0.2, 0) is 13.0 Å². The molecule has 3 aromatic heterocycles. The van der Waals surface area contributed by atoms with E-state index in [9.17, 15) is 9.90 Å². The van der Waals surface area contributed by atoms with Crippen molar-refractivity contribution in [3.8, 4) is 17.1 Å². The van der Waals surface area contributed by atoms with Crippen LogP contribution in [0.2, 0.25) is 0 Å². The molecule has 0 saturated heterocycles. The second kappa shape index (κ2) is 4.83. The highest BCUT2D eigenvalue weighted by molar-refractivity contribution is 5.95. The normalized spacial score (nSPS) is 13.0. The molecule has 5 rings (SSSR count). The number of aromatic amines is 1. The van der Waals surface area contributed by atoms with Crippen molar-refractivity contribution in [2.75, 3.05) is 0 Å². The highest BCUT2D eigenvalue weighted by Gasteiger charge is 2.23. The number of rotatable bonds is 1. The van der Waals surface area contributed by atoms with Crippen LogP contribution in [0.25, 0.3) is 39.1 Å². The van der Waals surface area contributed by atoms with E-state index in [0.717, 1.165) is 45.2 Å². The molecule has 4 aromatic rings. The molecule has 5 nitrogen and oxygen atoms in total. The number of aryl methyl sites for hydroxylation is 1. The van der Waals surface area contributed by atoms with Gasteiger partial charge in [-0.3, -0.25) is 9.78 Å². The molecule has 0 radical (unpaired) electrons. The van der Waals surface area contributed by atoms with Crippen molar-refractivity contribution < 1.29 is 5.11 Å². The van der Waals surface area contributed by atoms with Crippen LogP contribution in [0, 0.1) is 0 Å². The average molecular weight is 329 g/mol. The number of pyridine rings is 2. The minimum absolute atomic E-state index is 0.0316. The van der Waals surface area contributed by atoms with Gasteiger partial charge < -0.3 is 14.7 Å². The van der Waals surface area contributed by atoms with Gasteiger partial charge in [-0.1, -0.05) is 12.7 Å². The molecule has 0 amide bonds. The van der Waals surface area contributed by atoms with Gasteiger partial charge >= 0.3 is 0 Å². The lowest BCUT2D eigenvalue weighted by molar-refractivity contribution is 0.476. The van der Waals surface area contributed by atoms with E-state index < -0.39 is 0 Å². The number of benzene rings is 1. The lowest BCUT2D eigenvalue weighted by atomic mass is 9.99. The summed E-state index contributed by atoms with van der Waals surface area (Å²) in [5.74, 6) is 0.246. The third-order valence-electron chi connectivity index (χ3n) is 5.02. The zero-order chi connectivity index (χ0) is 17.1. The van der Waals surface area contributed by atoms with E-state index >= 15 is 0 Å². The predicted molar refractivity (Wildman–Crippen MR) is 98.8 cm³/mol. The quantitative estimate of drug-likeness (QED) is 0.562. The molecule has 2 N–H and O–H groups in total. The number of H-pyrrole nitrogens is 1. The number of aromatic nitrogens is 3. The molecule has 0 spiro atoms. The molecule has 25 heavy (non-hydrogen) atoms. The first-order valence-corrected chi connectivity index (χ1v) is 8.15. The molecule has 0 bridgehead atoms. The molecule has 1 aliphatic rings. The first-order valence-electron chi connectivity index (χ1n) is 8.15. The second-order valence-electron chi connectivity index (χ2n) is 6.34. The van der Waals surface area contributed by atoms with Gasteiger partial charge in [-0.2, -0.15) is 0 Å². The van der Waals surface area contributed by atoms with E-state index in [4.69, 9.17) is 0 Å². The summed E-state index contributed by atoms with van der Waals surface area (Å²) in [6, 6.07) is 7.34. The average Bonchev–Trinajstić information content (AvgIpc) is 3.00. The number of nitrogens with zero attached hydrogens (tertiary/aromatic N) is 2. The van der Waals surface area contributed by atoms with E-state index in [-0.39, 0.29) is 11.3 Å². The number of aromatic hydroxyl groups is 1. The van der Waals surface area contributed by atoms with Crippen LogP contribution in [0.1, 0.15) is 11.1 Å². The highest BCUT2D eigenvalue weighted by atomic mass is 16.3. The Balaban J connectivity index is 1.91. The van der Waals surface area contributed by atoms with Gasteiger partial charge in [0.25, 0.3) is 5.56 Å². The van der Waals surface area contributed by atoms with Crippen LogP contribution < -0.4 is 5.56 Å². The summed E-state index contributed by atoms with van der Waals surface area (Å²) in [4.78, 5) is 20.5. The minimum Gasteiger partial charge on any atom is -0.508 e. The summed E-state index contributed by atoms with van der Waals surface area (Å²) in [5, 5.41) is 12.3. The Kier molecular flexibility index (Phi) is 2.71. The number of phenols is 1. The summed E-state index contributed by atoms with van der Waals surface area (Å²) < 4.78 is 1.80. The summed E-state index contributed by atoms with van der Waals surface area (Å²) in [6.07, 6.45) is 5.81. The maximum Gasteiger partial charge on any atom is 0.260 e. The molecule has 5 heteroatoms. The van der Waals surface area contributed by atoms with Gasteiger partial charge in [-0.05, 0) is 41.6 Å². The Hall–Kier alpha value is -3.34. The fraction of sp³-hybridized carbons (Fsp3) is 0.100. The van der Waals surface area contributed by atoms with Crippen molar-refractivity contribution in [1.82, 2.24) is 14.5 Å². The third-order valence-corrected chi connectivity index (χ3v) is 5.02. The molecule has 0 aliphatic carbocycles. The fourth-order valence-corrected chi connectivity index (χ4v) is 3.82. The standard InChI is InChI=1S/C20H15N3O2/c1-2-11-9-21-10-16-14(11)8-18-19-13(5-6-23(18)20(16)25)15-7-12(24)3-4-17(15)22-19/h2-4,7-10,22,24H,1,5-6H2. The number of hydrogen-bond acceptors (Lipinski definition) is 3. The minimum atomic E-state index is -0.0316. The van der Waals surface area contributed by atoms with E-state index in [1.165, 1.54) is 0 Å². The zero-order valence-electron chi connectivity index (χ0n) is 13.4. The topological polar surface area (TPSA) is 70.9 Å². The Bertz CT molecular complexity index is 1250. The Morgan fingerprint density at radius 2 is 2.08 bits per heavy atom. The van der Waals surface area contributed by atoms with Gasteiger partial charge in [0.15, 0.2) is 0 Å². The van der Waals surface area contributed by atoms with Gasteiger partial charge in [0, 0.05) is 35.4 Å². The van der Waals surface area contributed by atoms with Crippen molar-refractivity contribution in [1.29, 1.82) is 0 Å². The van der Waals surface area contributed by atoms with Crippen LogP contribution in [-0.4, -0.2) is 19.6 Å². The monoisotopic (exact) mass is 329 g/mol. The molecular formula is C20H15N3O2. The van der Waals surface area contributed by atoms with Crippen LogP contribution in [0.3, 0.4) is 0 Å². The number of phenolic OH excluding ortho intramolecular Hbond substituents is 1. The zero-order valence-corrected chi connectivity index (χ0v) is 13.4. The SMILES string of the molecule is C=Cc1cncc2c(=O)n3c(cc12)-c1[nH]c2ccc(O)cc2c1CC3. The lowest BCUT2D eigenvalue weighted by Gasteiger charge is -2.20. The van der Waals surface area contributed by atoms with Gasteiger partial charge in [0.1, 0.15) is 5.75 Å². The molecule has 4 heterocycles. The van der Waals surface area contributed by atoms with E-state index in [2.05, 4.69) is 16.5 Å². The summed E-state index contributed by atoms with van der Waals surface area (Å²) >= 11 is 0. The van der Waals surface area contributed by atoms with Crippen LogP contribution in [0.15, 0.2) is 48.0 Å². The maximum atomic E-state index is 13.0. The summed E-state index contributed by atoms with van der Waals surface area (Å²) in [6.45, 7) is 4.44. The van der Waals surface area contributed by atoms with Crippen molar-refractivity contribution in [3.05, 3.63) is 64.7 Å². The van der Waals surface area contributed by atoms with Crippen molar-refractivity contribution in [2.24, 2.45) is 0 Å². The molecule has 0 atom stereocenters. The van der Waals surface area contributed by atoms with Crippen LogP contribution >= 0.6 is 0 Å². The first-order chi connectivity index (χ1) is 12.2. The van der Waals surface area contributed by atoms with Crippen LogP contribution in [0.5, 0.6) is 5.75 Å². The molecule has 0 fully saturated rings.